The van der Waals surface area contributed by atoms with Gasteiger partial charge in [-0.15, -0.1) is 0 Å². The number of nitro groups is 1. The number of amides is 2. The first-order valence-corrected chi connectivity index (χ1v) is 16.5. The average molecular weight is 657 g/mol. The van der Waals surface area contributed by atoms with Crippen LogP contribution in [0.2, 0.25) is 5.02 Å². The van der Waals surface area contributed by atoms with E-state index in [-0.39, 0.29) is 46.7 Å². The van der Waals surface area contributed by atoms with E-state index in [1.54, 1.807) is 43.3 Å². The molecule has 1 aliphatic rings. The second kappa shape index (κ2) is 14.7. The monoisotopic (exact) mass is 656 g/mol. The van der Waals surface area contributed by atoms with Crippen LogP contribution < -0.4 is 14.4 Å². The maximum absolute atomic E-state index is 14.3. The molecule has 1 aliphatic carbocycles. The second-order valence-corrected chi connectivity index (χ2v) is 13.2. The summed E-state index contributed by atoms with van der Waals surface area (Å²) in [5.41, 5.74) is 0.643. The number of halogens is 1. The molecular formula is C32H37ClN4O7S. The van der Waals surface area contributed by atoms with Gasteiger partial charge in [-0.25, -0.2) is 8.42 Å². The van der Waals surface area contributed by atoms with E-state index in [1.807, 2.05) is 0 Å². The summed E-state index contributed by atoms with van der Waals surface area (Å²) < 4.78 is 34.4. The van der Waals surface area contributed by atoms with Crippen molar-refractivity contribution in [2.24, 2.45) is 0 Å². The topological polar surface area (TPSA) is 139 Å². The summed E-state index contributed by atoms with van der Waals surface area (Å²) in [5, 5.41) is 15.1. The summed E-state index contributed by atoms with van der Waals surface area (Å²) in [7, 11) is -3.05. The lowest BCUT2D eigenvalue weighted by atomic mass is 10.1. The number of carbonyl (C=O) groups is 2. The molecular weight excluding hydrogens is 620 g/mol. The highest BCUT2D eigenvalue weighted by molar-refractivity contribution is 7.92. The molecule has 0 bridgehead atoms. The zero-order valence-corrected chi connectivity index (χ0v) is 27.0. The predicted octanol–water partition coefficient (Wildman–Crippen LogP) is 5.63. The number of aryl methyl sites for hydroxylation is 1. The Balaban J connectivity index is 1.77. The SMILES string of the molecule is CCC(C(=O)NC1CCCC1)N(Cc1ccccc1Cl)C(=O)CN(c1ccc(OC)cc1)S(=O)(=O)c1ccc(C)c([N+](=O)[O-])c1. The summed E-state index contributed by atoms with van der Waals surface area (Å²) in [6.45, 7) is 2.57. The van der Waals surface area contributed by atoms with Gasteiger partial charge in [0.15, 0.2) is 0 Å². The molecule has 13 heteroatoms. The third-order valence-electron chi connectivity index (χ3n) is 7.99. The standard InChI is InChI=1S/C32H37ClN4O7S/c1-4-29(32(39)34-24-10-6-7-11-24)35(20-23-9-5-8-12-28(23)33)31(38)21-36(25-14-16-26(44-3)17-15-25)45(42,43)27-18-13-22(2)30(19-27)37(40)41/h5,8-9,12-19,24,29H,4,6-7,10-11,20-21H2,1-3H3,(H,34,39). The normalized spacial score (nSPS) is 14.0. The number of hydrogen-bond donors (Lipinski definition) is 1. The van der Waals surface area contributed by atoms with Crippen molar-refractivity contribution in [2.75, 3.05) is 18.0 Å². The second-order valence-electron chi connectivity index (χ2n) is 10.9. The van der Waals surface area contributed by atoms with Crippen molar-refractivity contribution in [3.63, 3.8) is 0 Å². The average Bonchev–Trinajstić information content (AvgIpc) is 3.53. The van der Waals surface area contributed by atoms with Gasteiger partial charge in [0.05, 0.1) is 22.6 Å². The fourth-order valence-corrected chi connectivity index (χ4v) is 7.08. The molecule has 240 valence electrons. The van der Waals surface area contributed by atoms with E-state index in [0.717, 1.165) is 36.1 Å². The summed E-state index contributed by atoms with van der Waals surface area (Å²) in [6.07, 6.45) is 4.00. The molecule has 4 rings (SSSR count). The Kier molecular flexibility index (Phi) is 11.1. The first kappa shape index (κ1) is 33.7. The molecule has 1 N–H and O–H groups in total. The number of nitrogens with zero attached hydrogens (tertiary/aromatic N) is 3. The Bertz CT molecular complexity index is 1640. The molecule has 45 heavy (non-hydrogen) atoms. The lowest BCUT2D eigenvalue weighted by Crippen LogP contribution is -2.53. The van der Waals surface area contributed by atoms with Crippen LogP contribution in [0.4, 0.5) is 11.4 Å². The Morgan fingerprint density at radius 1 is 1.09 bits per heavy atom. The molecule has 1 unspecified atom stereocenters. The highest BCUT2D eigenvalue weighted by Gasteiger charge is 2.35. The van der Waals surface area contributed by atoms with Gasteiger partial charge in [0.1, 0.15) is 18.3 Å². The Hall–Kier alpha value is -4.16. The van der Waals surface area contributed by atoms with Crippen LogP contribution in [-0.2, 0) is 26.2 Å². The number of rotatable bonds is 13. The smallest absolute Gasteiger partial charge is 0.273 e. The summed E-state index contributed by atoms with van der Waals surface area (Å²) in [6, 6.07) is 15.7. The van der Waals surface area contributed by atoms with Crippen LogP contribution in [0.25, 0.3) is 0 Å². The van der Waals surface area contributed by atoms with Gasteiger partial charge in [-0.3, -0.25) is 24.0 Å². The molecule has 0 saturated heterocycles. The maximum atomic E-state index is 14.3. The van der Waals surface area contributed by atoms with E-state index in [0.29, 0.717) is 16.3 Å². The van der Waals surface area contributed by atoms with E-state index in [9.17, 15) is 28.1 Å². The number of nitro benzene ring substituents is 1. The van der Waals surface area contributed by atoms with E-state index in [2.05, 4.69) is 5.32 Å². The number of ether oxygens (including phenoxy) is 1. The van der Waals surface area contributed by atoms with Crippen molar-refractivity contribution in [1.82, 2.24) is 10.2 Å². The number of carbonyl (C=O) groups excluding carboxylic acids is 2. The Morgan fingerprint density at radius 2 is 1.76 bits per heavy atom. The van der Waals surface area contributed by atoms with Crippen molar-refractivity contribution in [1.29, 1.82) is 0 Å². The number of sulfonamides is 1. The van der Waals surface area contributed by atoms with Gasteiger partial charge in [-0.2, -0.15) is 0 Å². The van der Waals surface area contributed by atoms with Crippen molar-refractivity contribution in [3.8, 4) is 5.75 Å². The van der Waals surface area contributed by atoms with Crippen LogP contribution in [0, 0.1) is 17.0 Å². The third kappa shape index (κ3) is 7.93. The number of hydrogen-bond acceptors (Lipinski definition) is 7. The van der Waals surface area contributed by atoms with Gasteiger partial charge < -0.3 is 15.0 Å². The first-order valence-electron chi connectivity index (χ1n) is 14.7. The molecule has 1 fully saturated rings. The lowest BCUT2D eigenvalue weighted by molar-refractivity contribution is -0.385. The molecule has 1 saturated carbocycles. The van der Waals surface area contributed by atoms with Crippen molar-refractivity contribution in [3.05, 3.63) is 93.0 Å². The molecule has 0 radical (unpaired) electrons. The van der Waals surface area contributed by atoms with Gasteiger partial charge in [0, 0.05) is 29.2 Å². The summed E-state index contributed by atoms with van der Waals surface area (Å²) in [4.78, 5) is 39.9. The highest BCUT2D eigenvalue weighted by Crippen LogP contribution is 2.30. The largest absolute Gasteiger partial charge is 0.497 e. The maximum Gasteiger partial charge on any atom is 0.273 e. The van der Waals surface area contributed by atoms with Gasteiger partial charge >= 0.3 is 0 Å². The molecule has 0 heterocycles. The molecule has 0 spiro atoms. The molecule has 0 aromatic heterocycles. The van der Waals surface area contributed by atoms with Crippen molar-refractivity contribution >= 4 is 44.8 Å². The fourth-order valence-electron chi connectivity index (χ4n) is 5.45. The highest BCUT2D eigenvalue weighted by atomic mass is 35.5. The number of methoxy groups -OCH3 is 1. The molecule has 2 amide bonds. The van der Waals surface area contributed by atoms with Crippen LogP contribution in [0.15, 0.2) is 71.6 Å². The van der Waals surface area contributed by atoms with Crippen LogP contribution in [-0.4, -0.2) is 55.8 Å². The predicted molar refractivity (Wildman–Crippen MR) is 172 cm³/mol. The zero-order valence-electron chi connectivity index (χ0n) is 25.4. The molecule has 11 nitrogen and oxygen atoms in total. The van der Waals surface area contributed by atoms with Gasteiger partial charge in [-0.05, 0) is 68.1 Å². The van der Waals surface area contributed by atoms with Crippen LogP contribution in [0.1, 0.15) is 50.2 Å². The van der Waals surface area contributed by atoms with Gasteiger partial charge in [0.2, 0.25) is 11.8 Å². The number of anilines is 1. The van der Waals surface area contributed by atoms with Crippen LogP contribution >= 0.6 is 11.6 Å². The first-order chi connectivity index (χ1) is 21.5. The summed E-state index contributed by atoms with van der Waals surface area (Å²) >= 11 is 6.46. The number of nitrogens with one attached hydrogen (secondary N) is 1. The molecule has 3 aromatic rings. The minimum Gasteiger partial charge on any atom is -0.497 e. The summed E-state index contributed by atoms with van der Waals surface area (Å²) in [5.74, 6) is -0.509. The lowest BCUT2D eigenvalue weighted by Gasteiger charge is -2.34. The zero-order chi connectivity index (χ0) is 32.7. The molecule has 0 aliphatic heterocycles. The quantitative estimate of drug-likeness (QED) is 0.186. The third-order valence-corrected chi connectivity index (χ3v) is 10.1. The van der Waals surface area contributed by atoms with E-state index in [4.69, 9.17) is 16.3 Å². The van der Waals surface area contributed by atoms with E-state index < -0.39 is 33.4 Å². The Morgan fingerprint density at radius 3 is 2.36 bits per heavy atom. The van der Waals surface area contributed by atoms with Crippen LogP contribution in [0.5, 0.6) is 5.75 Å². The minimum atomic E-state index is -4.51. The van der Waals surface area contributed by atoms with Gasteiger partial charge in [-0.1, -0.05) is 55.6 Å². The molecule has 3 aromatic carbocycles. The van der Waals surface area contributed by atoms with Crippen molar-refractivity contribution in [2.45, 2.75) is 69.5 Å². The minimum absolute atomic E-state index is 0.0114. The Labute approximate surface area is 268 Å². The van der Waals surface area contributed by atoms with E-state index >= 15 is 0 Å². The van der Waals surface area contributed by atoms with Gasteiger partial charge in [0.25, 0.3) is 15.7 Å². The van der Waals surface area contributed by atoms with Crippen molar-refractivity contribution < 1.29 is 27.7 Å². The number of benzene rings is 3. The fraction of sp³-hybridized carbons (Fsp3) is 0.375. The van der Waals surface area contributed by atoms with Crippen LogP contribution in [0.3, 0.4) is 0 Å². The van der Waals surface area contributed by atoms with E-state index in [1.165, 1.54) is 43.2 Å². The molecule has 1 atom stereocenters.